The number of hydrogen-bond acceptors (Lipinski definition) is 9. The maximum Gasteiger partial charge on any atom is 0.301 e. The van der Waals surface area contributed by atoms with E-state index in [2.05, 4.69) is 25.6 Å². The summed E-state index contributed by atoms with van der Waals surface area (Å²) in [6.45, 7) is 0. The van der Waals surface area contributed by atoms with E-state index in [1.807, 2.05) is 25.1 Å². The van der Waals surface area contributed by atoms with E-state index in [-0.39, 0.29) is 34.5 Å². The molecule has 0 aromatic carbocycles. The summed E-state index contributed by atoms with van der Waals surface area (Å²) in [6.07, 6.45) is 6.73. The molecule has 10 nitrogen and oxygen atoms in total. The van der Waals surface area contributed by atoms with Gasteiger partial charge in [0.1, 0.15) is 5.82 Å². The maximum absolute atomic E-state index is 12.3. The molecule has 0 bridgehead atoms. The van der Waals surface area contributed by atoms with Crippen molar-refractivity contribution in [1.29, 1.82) is 0 Å². The molecule has 160 valence electrons. The van der Waals surface area contributed by atoms with Gasteiger partial charge in [-0.3, -0.25) is 14.9 Å². The fourth-order valence-corrected chi connectivity index (χ4v) is 4.05. The highest BCUT2D eigenvalue weighted by atomic mass is 32.2. The van der Waals surface area contributed by atoms with E-state index in [1.165, 1.54) is 18.3 Å². The Balaban J connectivity index is 1.43. The lowest BCUT2D eigenvalue weighted by Gasteiger charge is -2.29. The van der Waals surface area contributed by atoms with E-state index < -0.39 is 4.92 Å². The second-order valence-electron chi connectivity index (χ2n) is 7.27. The van der Waals surface area contributed by atoms with Crippen molar-refractivity contribution in [2.75, 3.05) is 30.1 Å². The van der Waals surface area contributed by atoms with Crippen LogP contribution in [0.2, 0.25) is 0 Å². The summed E-state index contributed by atoms with van der Waals surface area (Å²) in [5.41, 5.74) is -0.0811. The molecule has 1 amide bonds. The first kappa shape index (κ1) is 21.8. The van der Waals surface area contributed by atoms with Crippen LogP contribution >= 0.6 is 11.8 Å². The first-order valence-corrected chi connectivity index (χ1v) is 10.7. The molecule has 11 heteroatoms. The summed E-state index contributed by atoms with van der Waals surface area (Å²) in [7, 11) is 3.87. The number of nitro groups is 1. The second kappa shape index (κ2) is 10.2. The predicted octanol–water partition coefficient (Wildman–Crippen LogP) is 2.48. The normalized spacial score (nSPS) is 18.5. The zero-order valence-electron chi connectivity index (χ0n) is 16.9. The average molecular weight is 432 g/mol. The van der Waals surface area contributed by atoms with E-state index in [1.54, 1.807) is 6.20 Å². The van der Waals surface area contributed by atoms with Crippen LogP contribution in [0, 0.1) is 10.1 Å². The van der Waals surface area contributed by atoms with Crippen LogP contribution in [0.25, 0.3) is 0 Å². The van der Waals surface area contributed by atoms with E-state index >= 15 is 0 Å². The molecule has 0 saturated heterocycles. The molecule has 1 aliphatic rings. The molecule has 1 fully saturated rings. The summed E-state index contributed by atoms with van der Waals surface area (Å²) < 4.78 is 0. The van der Waals surface area contributed by atoms with Crippen LogP contribution in [0.15, 0.2) is 35.6 Å². The molecule has 0 aliphatic heterocycles. The van der Waals surface area contributed by atoms with Crippen molar-refractivity contribution in [2.45, 2.75) is 42.8 Å². The summed E-state index contributed by atoms with van der Waals surface area (Å²) >= 11 is 1.08. The van der Waals surface area contributed by atoms with Crippen LogP contribution in [0.5, 0.6) is 0 Å². The van der Waals surface area contributed by atoms with Gasteiger partial charge in [-0.25, -0.2) is 9.97 Å². The molecular formula is C19H25N7O3S. The van der Waals surface area contributed by atoms with Crippen molar-refractivity contribution in [1.82, 2.24) is 20.3 Å². The van der Waals surface area contributed by atoms with Crippen molar-refractivity contribution in [3.05, 3.63) is 40.7 Å². The number of nitrogens with one attached hydrogen (secondary N) is 2. The van der Waals surface area contributed by atoms with Crippen molar-refractivity contribution in [2.24, 2.45) is 0 Å². The number of aromatic nitrogens is 3. The van der Waals surface area contributed by atoms with Gasteiger partial charge < -0.3 is 15.5 Å². The van der Waals surface area contributed by atoms with Gasteiger partial charge in [-0.15, -0.1) is 0 Å². The van der Waals surface area contributed by atoms with E-state index in [0.29, 0.717) is 5.95 Å². The minimum atomic E-state index is -0.487. The molecule has 0 spiro atoms. The van der Waals surface area contributed by atoms with Gasteiger partial charge in [-0.05, 0) is 37.8 Å². The zero-order valence-corrected chi connectivity index (χ0v) is 17.8. The molecule has 0 unspecified atom stereocenters. The monoisotopic (exact) mass is 431 g/mol. The van der Waals surface area contributed by atoms with Gasteiger partial charge >= 0.3 is 5.69 Å². The van der Waals surface area contributed by atoms with Gasteiger partial charge in [0.25, 0.3) is 0 Å². The van der Waals surface area contributed by atoms with Crippen LogP contribution in [0.4, 0.5) is 17.5 Å². The summed E-state index contributed by atoms with van der Waals surface area (Å²) in [5, 5.41) is 17.7. The standard InChI is InChI=1S/C19H25N7O3S/c1-25(2)16-9-11-21-19(24-16)23-14-7-5-13(6-8-14)22-17(27)12-30-18-15(26(28)29)4-3-10-20-18/h3-4,9-11,13-14H,5-8,12H2,1-2H3,(H,22,27)(H,21,23,24)/t13-,14+. The first-order chi connectivity index (χ1) is 14.4. The Labute approximate surface area is 179 Å². The number of thioether (sulfide) groups is 1. The highest BCUT2D eigenvalue weighted by Crippen LogP contribution is 2.26. The molecule has 2 heterocycles. The molecule has 2 aromatic heterocycles. The number of amides is 1. The van der Waals surface area contributed by atoms with Gasteiger partial charge in [0.05, 0.1) is 10.7 Å². The average Bonchev–Trinajstić information content (AvgIpc) is 2.74. The van der Waals surface area contributed by atoms with Crippen LogP contribution < -0.4 is 15.5 Å². The molecule has 2 aromatic rings. The van der Waals surface area contributed by atoms with Crippen LogP contribution in [-0.4, -0.2) is 57.7 Å². The van der Waals surface area contributed by atoms with Crippen LogP contribution in [-0.2, 0) is 4.79 Å². The topological polar surface area (TPSA) is 126 Å². The van der Waals surface area contributed by atoms with Gasteiger partial charge in [0.2, 0.25) is 11.9 Å². The molecule has 3 rings (SSSR count). The van der Waals surface area contributed by atoms with Crippen molar-refractivity contribution >= 4 is 35.1 Å². The van der Waals surface area contributed by atoms with Crippen molar-refractivity contribution in [3.8, 4) is 0 Å². The Morgan fingerprint density at radius 1 is 1.20 bits per heavy atom. The zero-order chi connectivity index (χ0) is 21.5. The summed E-state index contributed by atoms with van der Waals surface area (Å²) in [4.78, 5) is 37.5. The highest BCUT2D eigenvalue weighted by Gasteiger charge is 2.23. The summed E-state index contributed by atoms with van der Waals surface area (Å²) in [5.74, 6) is 1.42. The number of rotatable bonds is 8. The third-order valence-corrected chi connectivity index (χ3v) is 5.81. The minimum absolute atomic E-state index is 0.0811. The molecule has 1 aliphatic carbocycles. The van der Waals surface area contributed by atoms with Gasteiger partial charge in [0, 0.05) is 44.6 Å². The lowest BCUT2D eigenvalue weighted by atomic mass is 9.91. The third kappa shape index (κ3) is 6.02. The number of pyridine rings is 1. The van der Waals surface area contributed by atoms with Gasteiger partial charge in [0.15, 0.2) is 5.03 Å². The highest BCUT2D eigenvalue weighted by molar-refractivity contribution is 8.00. The molecule has 0 atom stereocenters. The Hall–Kier alpha value is -2.95. The number of carbonyl (C=O) groups excluding carboxylic acids is 1. The third-order valence-electron chi connectivity index (χ3n) is 4.81. The Morgan fingerprint density at radius 3 is 2.63 bits per heavy atom. The quantitative estimate of drug-likeness (QED) is 0.368. The minimum Gasteiger partial charge on any atom is -0.363 e. The molecule has 2 N–H and O–H groups in total. The number of carbonyl (C=O) groups is 1. The van der Waals surface area contributed by atoms with Gasteiger partial charge in [-0.1, -0.05) is 11.8 Å². The second-order valence-corrected chi connectivity index (χ2v) is 8.23. The Morgan fingerprint density at radius 2 is 1.93 bits per heavy atom. The SMILES string of the molecule is CN(C)c1ccnc(N[C@H]2CC[C@@H](NC(=O)CSc3ncccc3[N+](=O)[O-])CC2)n1. The lowest BCUT2D eigenvalue weighted by Crippen LogP contribution is -2.41. The van der Waals surface area contributed by atoms with Crippen LogP contribution in [0.3, 0.4) is 0 Å². The maximum atomic E-state index is 12.3. The van der Waals surface area contributed by atoms with E-state index in [9.17, 15) is 14.9 Å². The van der Waals surface area contributed by atoms with Crippen LogP contribution in [0.1, 0.15) is 25.7 Å². The van der Waals surface area contributed by atoms with Crippen molar-refractivity contribution in [3.63, 3.8) is 0 Å². The molecule has 1 saturated carbocycles. The number of nitrogens with zero attached hydrogens (tertiary/aromatic N) is 5. The Bertz CT molecular complexity index is 888. The lowest BCUT2D eigenvalue weighted by molar-refractivity contribution is -0.388. The molecular weight excluding hydrogens is 406 g/mol. The Kier molecular flexibility index (Phi) is 7.39. The van der Waals surface area contributed by atoms with Gasteiger partial charge in [-0.2, -0.15) is 4.98 Å². The predicted molar refractivity (Wildman–Crippen MR) is 116 cm³/mol. The van der Waals surface area contributed by atoms with Crippen molar-refractivity contribution < 1.29 is 9.72 Å². The molecule has 30 heavy (non-hydrogen) atoms. The molecule has 0 radical (unpaired) electrons. The largest absolute Gasteiger partial charge is 0.363 e. The number of hydrogen-bond donors (Lipinski definition) is 2. The fourth-order valence-electron chi connectivity index (χ4n) is 3.27. The first-order valence-electron chi connectivity index (χ1n) is 9.71. The fraction of sp³-hybridized carbons (Fsp3) is 0.474. The van der Waals surface area contributed by atoms with E-state index in [4.69, 9.17) is 0 Å². The van der Waals surface area contributed by atoms with E-state index in [0.717, 1.165) is 43.3 Å². The smallest absolute Gasteiger partial charge is 0.301 e. The summed E-state index contributed by atoms with van der Waals surface area (Å²) in [6, 6.07) is 5.12. The number of anilines is 2.